The summed E-state index contributed by atoms with van der Waals surface area (Å²) in [6.45, 7) is 0.447. The number of alkyl halides is 6. The molecule has 32 heavy (non-hydrogen) atoms. The van der Waals surface area contributed by atoms with E-state index in [1.807, 2.05) is 33.9 Å². The number of rotatable bonds is 5. The van der Waals surface area contributed by atoms with E-state index in [9.17, 15) is 26.3 Å². The Labute approximate surface area is 185 Å². The van der Waals surface area contributed by atoms with Gasteiger partial charge in [-0.05, 0) is 52.2 Å². The Morgan fingerprint density at radius 3 is 2.31 bits per heavy atom. The molecule has 0 amide bonds. The third kappa shape index (κ3) is 5.03. The molecule has 0 fully saturated rings. The van der Waals surface area contributed by atoms with Gasteiger partial charge in [0.05, 0.1) is 29.4 Å². The minimum absolute atomic E-state index is 0.270. The highest BCUT2D eigenvalue weighted by Crippen LogP contribution is 2.43. The number of hydrogen-bond donors (Lipinski definition) is 0. The average Bonchev–Trinajstić information content (AvgIpc) is 3.25. The molecule has 0 aliphatic carbocycles. The van der Waals surface area contributed by atoms with E-state index in [4.69, 9.17) is 0 Å². The van der Waals surface area contributed by atoms with Crippen LogP contribution >= 0.6 is 11.3 Å². The summed E-state index contributed by atoms with van der Waals surface area (Å²) in [6, 6.07) is 13.3. The highest BCUT2D eigenvalue weighted by Gasteiger charge is 2.37. The average molecular weight is 470 g/mol. The Balaban J connectivity index is 1.76. The highest BCUT2D eigenvalue weighted by molar-refractivity contribution is 7.07. The highest BCUT2D eigenvalue weighted by atomic mass is 32.1. The molecule has 1 atom stereocenters. The Morgan fingerprint density at radius 2 is 1.66 bits per heavy atom. The summed E-state index contributed by atoms with van der Waals surface area (Å²) >= 11 is 1.54. The van der Waals surface area contributed by atoms with Gasteiger partial charge < -0.3 is 9.80 Å². The van der Waals surface area contributed by atoms with Gasteiger partial charge in [0, 0.05) is 19.6 Å². The Bertz CT molecular complexity index is 1050. The Morgan fingerprint density at radius 1 is 0.906 bits per heavy atom. The molecule has 0 saturated carbocycles. The quantitative estimate of drug-likeness (QED) is 0.362. The molecule has 0 unspecified atom stereocenters. The maximum absolute atomic E-state index is 13.3. The van der Waals surface area contributed by atoms with Gasteiger partial charge in [0.25, 0.3) is 0 Å². The summed E-state index contributed by atoms with van der Waals surface area (Å²) in [6.07, 6.45) is -9.96. The van der Waals surface area contributed by atoms with Crippen molar-refractivity contribution in [2.24, 2.45) is 0 Å². The zero-order valence-corrected chi connectivity index (χ0v) is 17.6. The van der Waals surface area contributed by atoms with E-state index < -0.39 is 30.4 Å². The first-order chi connectivity index (χ1) is 15.1. The lowest BCUT2D eigenvalue weighted by Crippen LogP contribution is -2.44. The van der Waals surface area contributed by atoms with Gasteiger partial charge >= 0.3 is 12.4 Å². The molecular formula is C23H20F6N2S. The van der Waals surface area contributed by atoms with Crippen LogP contribution in [0.4, 0.5) is 37.7 Å². The molecule has 0 bridgehead atoms. The maximum atomic E-state index is 13.3. The first kappa shape index (κ1) is 22.5. The van der Waals surface area contributed by atoms with Crippen molar-refractivity contribution in [3.05, 3.63) is 82.0 Å². The summed E-state index contributed by atoms with van der Waals surface area (Å²) in [4.78, 5) is 3.61. The molecule has 0 N–H and O–H groups in total. The summed E-state index contributed by atoms with van der Waals surface area (Å²) in [5, 5.41) is 3.92. The molecule has 1 aliphatic heterocycles. The van der Waals surface area contributed by atoms with E-state index in [1.165, 1.54) is 17.4 Å². The van der Waals surface area contributed by atoms with Gasteiger partial charge in [0.15, 0.2) is 0 Å². The van der Waals surface area contributed by atoms with E-state index >= 15 is 0 Å². The van der Waals surface area contributed by atoms with Crippen molar-refractivity contribution >= 4 is 22.7 Å². The molecule has 170 valence electrons. The van der Waals surface area contributed by atoms with Crippen LogP contribution in [0.1, 0.15) is 29.2 Å². The lowest BCUT2D eigenvalue weighted by molar-refractivity contribution is -0.137. The van der Waals surface area contributed by atoms with Gasteiger partial charge in [-0.2, -0.15) is 37.7 Å². The van der Waals surface area contributed by atoms with Gasteiger partial charge in [-0.25, -0.2) is 0 Å². The van der Waals surface area contributed by atoms with Crippen molar-refractivity contribution in [1.29, 1.82) is 0 Å². The van der Waals surface area contributed by atoms with Gasteiger partial charge in [0.1, 0.15) is 0 Å². The molecule has 1 aromatic heterocycles. The second kappa shape index (κ2) is 8.69. The van der Waals surface area contributed by atoms with Gasteiger partial charge in [0.2, 0.25) is 0 Å². The summed E-state index contributed by atoms with van der Waals surface area (Å²) < 4.78 is 79.2. The van der Waals surface area contributed by atoms with Gasteiger partial charge in [-0.1, -0.05) is 24.3 Å². The number of halogens is 6. The predicted molar refractivity (Wildman–Crippen MR) is 114 cm³/mol. The van der Waals surface area contributed by atoms with E-state index in [2.05, 4.69) is 0 Å². The van der Waals surface area contributed by atoms with E-state index in [-0.39, 0.29) is 13.1 Å². The molecule has 9 heteroatoms. The van der Waals surface area contributed by atoms with Crippen LogP contribution in [0.25, 0.3) is 0 Å². The monoisotopic (exact) mass is 470 g/mol. The summed E-state index contributed by atoms with van der Waals surface area (Å²) in [5.41, 5.74) is 1.92. The normalized spacial score (nSPS) is 16.9. The van der Waals surface area contributed by atoms with Crippen molar-refractivity contribution in [3.8, 4) is 0 Å². The molecular weight excluding hydrogens is 450 g/mol. The minimum atomic E-state index is -4.53. The van der Waals surface area contributed by atoms with E-state index in [0.717, 1.165) is 23.4 Å². The van der Waals surface area contributed by atoms with Crippen molar-refractivity contribution in [1.82, 2.24) is 0 Å². The van der Waals surface area contributed by atoms with E-state index in [0.29, 0.717) is 17.8 Å². The van der Waals surface area contributed by atoms with Crippen molar-refractivity contribution in [2.45, 2.75) is 31.4 Å². The zero-order valence-electron chi connectivity index (χ0n) is 16.8. The molecule has 1 aliphatic rings. The predicted octanol–water partition coefficient (Wildman–Crippen LogP) is 7.29. The number of anilines is 2. The third-order valence-corrected chi connectivity index (χ3v) is 6.22. The SMILES string of the molecule is FC(F)(F)CCN1c2ccccc2N(Cc2ccsc2)C[C@H]1c1cccc(C(F)(F)F)c1. The fourth-order valence-corrected chi connectivity index (χ4v) is 4.69. The molecule has 2 nitrogen and oxygen atoms in total. The molecule has 4 rings (SSSR count). The molecule has 2 heterocycles. The van der Waals surface area contributed by atoms with Crippen LogP contribution in [0.3, 0.4) is 0 Å². The van der Waals surface area contributed by atoms with Crippen LogP contribution in [0.5, 0.6) is 0 Å². The van der Waals surface area contributed by atoms with Crippen LogP contribution in [0, 0.1) is 0 Å². The number of para-hydroxylation sites is 2. The third-order valence-electron chi connectivity index (χ3n) is 5.49. The standard InChI is InChI=1S/C23H20F6N2S/c24-22(25,26)9-10-31-20-7-2-1-6-19(20)30(13-16-8-11-32-15-16)14-21(31)17-4-3-5-18(12-17)23(27,28)29/h1-8,11-12,15,21H,9-10,13-14H2/t21-/m0/s1. The Hall–Kier alpha value is -2.68. The fraction of sp³-hybridized carbons (Fsp3) is 0.304. The number of thiophene rings is 1. The summed E-state index contributed by atoms with van der Waals surface area (Å²) in [7, 11) is 0. The number of benzene rings is 2. The van der Waals surface area contributed by atoms with Crippen LogP contribution in [-0.4, -0.2) is 19.3 Å². The number of nitrogens with zero attached hydrogens (tertiary/aromatic N) is 2. The largest absolute Gasteiger partial charge is 0.416 e. The molecule has 3 aromatic rings. The second-order valence-corrected chi connectivity index (χ2v) is 8.48. The molecule has 0 spiro atoms. The molecule has 0 saturated heterocycles. The van der Waals surface area contributed by atoms with Gasteiger partial charge in [-0.3, -0.25) is 0 Å². The fourth-order valence-electron chi connectivity index (χ4n) is 4.03. The molecule has 0 radical (unpaired) electrons. The smallest absolute Gasteiger partial charge is 0.363 e. The zero-order chi connectivity index (χ0) is 22.9. The topological polar surface area (TPSA) is 6.48 Å². The first-order valence-electron chi connectivity index (χ1n) is 9.97. The van der Waals surface area contributed by atoms with Crippen molar-refractivity contribution in [2.75, 3.05) is 22.9 Å². The Kier molecular flexibility index (Phi) is 6.11. The van der Waals surface area contributed by atoms with Crippen LogP contribution in [-0.2, 0) is 12.7 Å². The van der Waals surface area contributed by atoms with E-state index in [1.54, 1.807) is 23.1 Å². The second-order valence-electron chi connectivity index (χ2n) is 7.70. The van der Waals surface area contributed by atoms with Gasteiger partial charge in [-0.15, -0.1) is 0 Å². The lowest BCUT2D eigenvalue weighted by Gasteiger charge is -2.45. The van der Waals surface area contributed by atoms with Crippen molar-refractivity contribution in [3.63, 3.8) is 0 Å². The minimum Gasteiger partial charge on any atom is -0.363 e. The summed E-state index contributed by atoms with van der Waals surface area (Å²) in [5.74, 6) is 0. The number of fused-ring (bicyclic) bond motifs is 1. The lowest BCUT2D eigenvalue weighted by atomic mass is 9.97. The van der Waals surface area contributed by atoms with Crippen LogP contribution < -0.4 is 9.80 Å². The molecule has 2 aromatic carbocycles. The van der Waals surface area contributed by atoms with Crippen LogP contribution in [0.15, 0.2) is 65.4 Å². The number of hydrogen-bond acceptors (Lipinski definition) is 3. The van der Waals surface area contributed by atoms with Crippen LogP contribution in [0.2, 0.25) is 0 Å². The van der Waals surface area contributed by atoms with Crippen molar-refractivity contribution < 1.29 is 26.3 Å². The maximum Gasteiger partial charge on any atom is 0.416 e. The first-order valence-corrected chi connectivity index (χ1v) is 10.9.